The van der Waals surface area contributed by atoms with Crippen molar-refractivity contribution < 1.29 is 18.8 Å². The van der Waals surface area contributed by atoms with Gasteiger partial charge in [0.1, 0.15) is 11.6 Å². The Kier molecular flexibility index (Phi) is 4.63. The van der Waals surface area contributed by atoms with Gasteiger partial charge in [-0.1, -0.05) is 31.9 Å². The van der Waals surface area contributed by atoms with E-state index in [0.29, 0.717) is 14.5 Å². The number of piperidine rings is 1. The van der Waals surface area contributed by atoms with Gasteiger partial charge in [0.2, 0.25) is 5.91 Å². The highest BCUT2D eigenvalue weighted by atomic mass is 79.9. The SMILES string of the molecule is CC(=O)C1C(=O)CC(c2c(Br)cc(F)cc2Br)N(C)C1=O. The normalized spacial score (nSPS) is 22.6. The Balaban J connectivity index is 2.46. The minimum absolute atomic E-state index is 0.0231. The Morgan fingerprint density at radius 1 is 1.29 bits per heavy atom. The van der Waals surface area contributed by atoms with Crippen molar-refractivity contribution in [2.45, 2.75) is 19.4 Å². The second kappa shape index (κ2) is 5.96. The lowest BCUT2D eigenvalue weighted by molar-refractivity contribution is -0.151. The van der Waals surface area contributed by atoms with Crippen LogP contribution in [0.4, 0.5) is 4.39 Å². The standard InChI is InChI=1S/C14H12Br2FNO3/c1-6(19)12-11(20)5-10(18(2)14(12)21)13-8(15)3-7(17)4-9(13)16/h3-4,10,12H,5H2,1-2H3. The summed E-state index contributed by atoms with van der Waals surface area (Å²) in [6.07, 6.45) is 0.0231. The molecule has 0 aliphatic carbocycles. The van der Waals surface area contributed by atoms with Crippen molar-refractivity contribution in [3.8, 4) is 0 Å². The van der Waals surface area contributed by atoms with Gasteiger partial charge >= 0.3 is 0 Å². The Labute approximate surface area is 137 Å². The van der Waals surface area contributed by atoms with E-state index in [1.165, 1.54) is 31.0 Å². The molecule has 1 heterocycles. The maximum absolute atomic E-state index is 13.3. The molecule has 0 saturated carbocycles. The van der Waals surface area contributed by atoms with Crippen LogP contribution in [0.1, 0.15) is 24.9 Å². The molecule has 0 N–H and O–H groups in total. The van der Waals surface area contributed by atoms with Gasteiger partial charge in [-0.05, 0) is 19.1 Å². The van der Waals surface area contributed by atoms with Crippen molar-refractivity contribution in [3.63, 3.8) is 0 Å². The number of benzene rings is 1. The van der Waals surface area contributed by atoms with Crippen molar-refractivity contribution in [1.29, 1.82) is 0 Å². The molecule has 0 radical (unpaired) electrons. The fourth-order valence-corrected chi connectivity index (χ4v) is 4.17. The summed E-state index contributed by atoms with van der Waals surface area (Å²) in [5.41, 5.74) is 0.614. The number of halogens is 3. The largest absolute Gasteiger partial charge is 0.337 e. The van der Waals surface area contributed by atoms with Crippen LogP contribution >= 0.6 is 31.9 Å². The number of Topliss-reactive ketones (excluding diaryl/α,β-unsaturated/α-hetero) is 2. The summed E-state index contributed by atoms with van der Waals surface area (Å²) in [7, 11) is 1.54. The monoisotopic (exact) mass is 419 g/mol. The highest BCUT2D eigenvalue weighted by Crippen LogP contribution is 2.39. The van der Waals surface area contributed by atoms with Gasteiger partial charge in [-0.15, -0.1) is 0 Å². The number of amides is 1. The number of rotatable bonds is 2. The molecule has 1 aromatic rings. The summed E-state index contributed by atoms with van der Waals surface area (Å²) in [6, 6.07) is 2.02. The van der Waals surface area contributed by atoms with Gasteiger partial charge in [-0.25, -0.2) is 4.39 Å². The van der Waals surface area contributed by atoms with Crippen LogP contribution in [-0.2, 0) is 14.4 Å². The molecule has 1 aromatic carbocycles. The number of carbonyl (C=O) groups excluding carboxylic acids is 3. The third-order valence-electron chi connectivity index (χ3n) is 3.56. The fraction of sp³-hybridized carbons (Fsp3) is 0.357. The van der Waals surface area contributed by atoms with Gasteiger partial charge in [-0.2, -0.15) is 0 Å². The first-order valence-corrected chi connectivity index (χ1v) is 7.77. The molecule has 2 unspecified atom stereocenters. The predicted octanol–water partition coefficient (Wildman–Crippen LogP) is 3.03. The molecule has 7 heteroatoms. The number of carbonyl (C=O) groups is 3. The quantitative estimate of drug-likeness (QED) is 0.691. The van der Waals surface area contributed by atoms with Gasteiger partial charge < -0.3 is 4.90 Å². The Morgan fingerprint density at radius 2 is 1.81 bits per heavy atom. The molecule has 1 saturated heterocycles. The van der Waals surface area contributed by atoms with Crippen LogP contribution in [0.15, 0.2) is 21.1 Å². The van der Waals surface area contributed by atoms with Crippen LogP contribution in [0.5, 0.6) is 0 Å². The van der Waals surface area contributed by atoms with Gasteiger partial charge in [0.25, 0.3) is 0 Å². The van der Waals surface area contributed by atoms with E-state index < -0.39 is 35.3 Å². The lowest BCUT2D eigenvalue weighted by Gasteiger charge is -2.36. The van der Waals surface area contributed by atoms with E-state index in [9.17, 15) is 18.8 Å². The molecule has 2 rings (SSSR count). The molecule has 112 valence electrons. The average Bonchev–Trinajstić information content (AvgIpc) is 2.33. The van der Waals surface area contributed by atoms with Crippen molar-refractivity contribution in [2.75, 3.05) is 7.05 Å². The minimum atomic E-state index is -1.22. The summed E-state index contributed by atoms with van der Waals surface area (Å²) in [5.74, 6) is -3.03. The minimum Gasteiger partial charge on any atom is -0.337 e. The van der Waals surface area contributed by atoms with E-state index in [2.05, 4.69) is 31.9 Å². The highest BCUT2D eigenvalue weighted by Gasteiger charge is 2.43. The molecule has 1 aliphatic heterocycles. The van der Waals surface area contributed by atoms with E-state index in [1.807, 2.05) is 0 Å². The first-order valence-electron chi connectivity index (χ1n) is 6.18. The summed E-state index contributed by atoms with van der Waals surface area (Å²) in [5, 5.41) is 0. The molecule has 0 spiro atoms. The molecule has 1 aliphatic rings. The third kappa shape index (κ3) is 2.94. The molecule has 2 atom stereocenters. The molecular weight excluding hydrogens is 409 g/mol. The van der Waals surface area contributed by atoms with E-state index in [-0.39, 0.29) is 6.42 Å². The fourth-order valence-electron chi connectivity index (χ4n) is 2.51. The lowest BCUT2D eigenvalue weighted by atomic mass is 9.85. The molecule has 4 nitrogen and oxygen atoms in total. The van der Waals surface area contributed by atoms with E-state index >= 15 is 0 Å². The number of ketones is 2. The maximum atomic E-state index is 13.3. The van der Waals surface area contributed by atoms with Crippen molar-refractivity contribution in [2.24, 2.45) is 5.92 Å². The van der Waals surface area contributed by atoms with E-state index in [4.69, 9.17) is 0 Å². The predicted molar refractivity (Wildman–Crippen MR) is 81.1 cm³/mol. The summed E-state index contributed by atoms with van der Waals surface area (Å²) < 4.78 is 14.3. The van der Waals surface area contributed by atoms with Gasteiger partial charge in [0.15, 0.2) is 11.7 Å². The molecular formula is C14H12Br2FNO3. The highest BCUT2D eigenvalue weighted by molar-refractivity contribution is 9.11. The Bertz CT molecular complexity index is 624. The van der Waals surface area contributed by atoms with Gasteiger partial charge in [0.05, 0.1) is 6.04 Å². The number of nitrogens with zero attached hydrogens (tertiary/aromatic N) is 1. The first-order chi connectivity index (χ1) is 9.73. The number of hydrogen-bond donors (Lipinski definition) is 0. The summed E-state index contributed by atoms with van der Waals surface area (Å²) >= 11 is 6.52. The average molecular weight is 421 g/mol. The van der Waals surface area contributed by atoms with Crippen LogP contribution in [0.2, 0.25) is 0 Å². The Hall–Kier alpha value is -1.08. The van der Waals surface area contributed by atoms with Crippen LogP contribution in [0.25, 0.3) is 0 Å². The summed E-state index contributed by atoms with van der Waals surface area (Å²) in [6.45, 7) is 1.23. The second-order valence-corrected chi connectivity index (χ2v) is 6.67. The van der Waals surface area contributed by atoms with E-state index in [0.717, 1.165) is 0 Å². The zero-order valence-corrected chi connectivity index (χ0v) is 14.5. The van der Waals surface area contributed by atoms with Crippen LogP contribution < -0.4 is 0 Å². The van der Waals surface area contributed by atoms with Crippen LogP contribution in [0.3, 0.4) is 0 Å². The molecule has 0 aromatic heterocycles. The number of hydrogen-bond acceptors (Lipinski definition) is 3. The van der Waals surface area contributed by atoms with Crippen molar-refractivity contribution in [1.82, 2.24) is 4.90 Å². The zero-order chi connectivity index (χ0) is 15.9. The van der Waals surface area contributed by atoms with Gasteiger partial charge in [0, 0.05) is 28.0 Å². The second-order valence-electron chi connectivity index (χ2n) is 4.96. The number of likely N-dealkylation sites (tertiary alicyclic amines) is 1. The smallest absolute Gasteiger partial charge is 0.240 e. The lowest BCUT2D eigenvalue weighted by Crippen LogP contribution is -2.48. The first kappa shape index (κ1) is 16.3. The van der Waals surface area contributed by atoms with Crippen LogP contribution in [-0.4, -0.2) is 29.4 Å². The van der Waals surface area contributed by atoms with E-state index in [1.54, 1.807) is 0 Å². The molecule has 0 bridgehead atoms. The summed E-state index contributed by atoms with van der Waals surface area (Å²) in [4.78, 5) is 37.1. The maximum Gasteiger partial charge on any atom is 0.240 e. The molecule has 21 heavy (non-hydrogen) atoms. The van der Waals surface area contributed by atoms with Crippen LogP contribution in [0, 0.1) is 11.7 Å². The van der Waals surface area contributed by atoms with Crippen molar-refractivity contribution >= 4 is 49.3 Å². The zero-order valence-electron chi connectivity index (χ0n) is 11.3. The molecule has 1 fully saturated rings. The topological polar surface area (TPSA) is 54.5 Å². The molecule has 1 amide bonds. The Morgan fingerprint density at radius 3 is 2.29 bits per heavy atom. The van der Waals surface area contributed by atoms with Crippen molar-refractivity contribution in [3.05, 3.63) is 32.5 Å². The third-order valence-corrected chi connectivity index (χ3v) is 4.87. The van der Waals surface area contributed by atoms with Gasteiger partial charge in [-0.3, -0.25) is 14.4 Å².